The number of nitriles is 1. The molecule has 5 aliphatic heterocycles. The van der Waals surface area contributed by atoms with Gasteiger partial charge in [0, 0.05) is 88.2 Å². The van der Waals surface area contributed by atoms with Crippen LogP contribution < -0.4 is 10.6 Å². The Hall–Kier alpha value is -4.99. The van der Waals surface area contributed by atoms with Crippen LogP contribution in [0, 0.1) is 11.3 Å². The minimum atomic E-state index is -0.244. The number of nitrogens with zero attached hydrogens (tertiary/aromatic N) is 9. The predicted molar refractivity (Wildman–Crippen MR) is 326 cm³/mol. The number of likely N-dealkylation sites (tertiary alicyclic amines) is 3. The second-order valence-corrected chi connectivity index (χ2v) is 21.1. The van der Waals surface area contributed by atoms with Gasteiger partial charge in [-0.15, -0.1) is 0 Å². The van der Waals surface area contributed by atoms with E-state index in [1.807, 2.05) is 20.0 Å². The fourth-order valence-corrected chi connectivity index (χ4v) is 10.3. The number of piperidine rings is 5. The molecule has 82 heavy (non-hydrogen) atoms. The molecule has 7 N–H and O–H groups in total. The first-order valence-corrected chi connectivity index (χ1v) is 29.1. The van der Waals surface area contributed by atoms with E-state index in [2.05, 4.69) is 60.5 Å². The number of imidazole rings is 5. The van der Waals surface area contributed by atoms with E-state index in [4.69, 9.17) is 89.1 Å². The Morgan fingerprint density at radius 1 is 0.512 bits per heavy atom. The third-order valence-corrected chi connectivity index (χ3v) is 15.3. The minimum absolute atomic E-state index is 0. The number of halogens is 6. The number of hydrogen-bond acceptors (Lipinski definition) is 14. The highest BCUT2D eigenvalue weighted by molar-refractivity contribution is 6.41. The largest absolute Gasteiger partial charge is 0.450 e. The molecule has 5 aliphatic rings. The molecule has 0 radical (unpaired) electrons. The molecule has 22 nitrogen and oxygen atoms in total. The van der Waals surface area contributed by atoms with Crippen molar-refractivity contribution < 1.29 is 28.6 Å². The molecule has 5 aromatic heterocycles. The van der Waals surface area contributed by atoms with Crippen LogP contribution in [0.25, 0.3) is 0 Å². The van der Waals surface area contributed by atoms with Crippen molar-refractivity contribution in [1.29, 1.82) is 5.26 Å². The van der Waals surface area contributed by atoms with Gasteiger partial charge in [0.1, 0.15) is 49.7 Å². The van der Waals surface area contributed by atoms with Gasteiger partial charge in [-0.2, -0.15) is 5.26 Å². The van der Waals surface area contributed by atoms with Gasteiger partial charge >= 0.3 is 18.3 Å². The molecule has 5 aromatic rings. The van der Waals surface area contributed by atoms with Gasteiger partial charge in [-0.1, -0.05) is 91.9 Å². The van der Waals surface area contributed by atoms with E-state index in [1.165, 1.54) is 6.92 Å². The molecule has 28 heteroatoms. The number of rotatable bonds is 8. The van der Waals surface area contributed by atoms with Gasteiger partial charge in [0.25, 0.3) is 0 Å². The lowest BCUT2D eigenvalue weighted by Gasteiger charge is -2.30. The molecule has 10 heterocycles. The highest BCUT2D eigenvalue weighted by atomic mass is 35.5. The van der Waals surface area contributed by atoms with Gasteiger partial charge in [0.05, 0.1) is 38.3 Å². The Morgan fingerprint density at radius 2 is 0.817 bits per heavy atom. The molecule has 5 fully saturated rings. The number of nitrogens with one attached hydrogen (secondary N) is 7. The second kappa shape index (κ2) is 39.5. The molecule has 0 spiro atoms. The van der Waals surface area contributed by atoms with E-state index < -0.39 is 0 Å². The third kappa shape index (κ3) is 23.9. The van der Waals surface area contributed by atoms with Crippen molar-refractivity contribution in [2.45, 2.75) is 144 Å². The van der Waals surface area contributed by atoms with Gasteiger partial charge in [-0.05, 0) is 111 Å². The molecule has 0 aliphatic carbocycles. The van der Waals surface area contributed by atoms with Gasteiger partial charge in [-0.25, -0.2) is 39.3 Å². The van der Waals surface area contributed by atoms with Gasteiger partial charge in [0.15, 0.2) is 10.3 Å². The second-order valence-electron chi connectivity index (χ2n) is 18.8. The number of aromatic nitrogens is 10. The van der Waals surface area contributed by atoms with Gasteiger partial charge < -0.3 is 64.5 Å². The maximum absolute atomic E-state index is 11.5. The van der Waals surface area contributed by atoms with Crippen LogP contribution in [0.4, 0.5) is 14.4 Å². The lowest BCUT2D eigenvalue weighted by molar-refractivity contribution is 0.0959. The van der Waals surface area contributed by atoms with Crippen molar-refractivity contribution >= 4 is 87.9 Å². The SMILES string of the molecule is C.C.C.CC#N.CCOC(=O)N1CCC(c2nc(Cl)c(Cl)[nH]2)CC1.CCOC(=O)N1CCC(c2ncc(Cl)[nH]2)CC1.CCOC(=O)N1CCC(c2ncc[nH]2)CC1.Clc1cnc(C2CCNCC2)[nH]1.Clc1nc(C2CCNCC2)[nH]c1Cl. The van der Waals surface area contributed by atoms with Crippen LogP contribution in [-0.4, -0.2) is 168 Å². The summed E-state index contributed by atoms with van der Waals surface area (Å²) in [6, 6.07) is 1.75. The van der Waals surface area contributed by atoms with Crippen LogP contribution in [0.1, 0.15) is 173 Å². The first kappa shape index (κ1) is 73.1. The monoisotopic (exact) mass is 1260 g/mol. The first-order valence-electron chi connectivity index (χ1n) is 26.9. The van der Waals surface area contributed by atoms with E-state index in [0.29, 0.717) is 101 Å². The summed E-state index contributed by atoms with van der Waals surface area (Å²) in [5.41, 5.74) is 0. The first-order chi connectivity index (χ1) is 38.2. The number of amides is 3. The average Bonchev–Trinajstić information content (AvgIpc) is 4.37. The molecule has 10 rings (SSSR count). The number of carbonyl (C=O) groups excluding carboxylic acids is 3. The van der Waals surface area contributed by atoms with E-state index >= 15 is 0 Å². The number of aromatic amines is 5. The molecule has 5 saturated heterocycles. The Morgan fingerprint density at radius 3 is 1.09 bits per heavy atom. The predicted octanol–water partition coefficient (Wildman–Crippen LogP) is 13.3. The topological polar surface area (TPSA) is 280 Å². The third-order valence-electron chi connectivity index (χ3n) is 13.6. The van der Waals surface area contributed by atoms with Crippen LogP contribution in [-0.2, 0) is 14.2 Å². The minimum Gasteiger partial charge on any atom is -0.450 e. The fraction of sp³-hybridized carbons (Fsp3) is 0.648. The Bertz CT molecular complexity index is 2530. The smallest absolute Gasteiger partial charge is 0.409 e. The summed E-state index contributed by atoms with van der Waals surface area (Å²) < 4.78 is 14.9. The molecule has 0 bridgehead atoms. The highest BCUT2D eigenvalue weighted by Gasteiger charge is 2.29. The molecular formula is C54H86Cl6N16O6. The Balaban J connectivity index is 0.000000345. The van der Waals surface area contributed by atoms with Crippen molar-refractivity contribution in [3.05, 3.63) is 84.8 Å². The molecular weight excluding hydrogens is 1180 g/mol. The van der Waals surface area contributed by atoms with Crippen LogP contribution in [0.5, 0.6) is 0 Å². The number of ether oxygens (including phenoxy) is 3. The summed E-state index contributed by atoms with van der Waals surface area (Å²) in [5.74, 6) is 6.83. The molecule has 0 atom stereocenters. The summed E-state index contributed by atoms with van der Waals surface area (Å²) >= 11 is 34.7. The van der Waals surface area contributed by atoms with Crippen molar-refractivity contribution in [1.82, 2.24) is 75.2 Å². The lowest BCUT2D eigenvalue weighted by atomic mass is 9.96. The molecule has 460 valence electrons. The zero-order valence-corrected chi connectivity index (χ0v) is 49.7. The highest BCUT2D eigenvalue weighted by Crippen LogP contribution is 2.32. The van der Waals surface area contributed by atoms with Gasteiger partial charge in [-0.3, -0.25) is 0 Å². The van der Waals surface area contributed by atoms with Crippen molar-refractivity contribution in [3.8, 4) is 6.07 Å². The Kier molecular flexibility index (Phi) is 35.2. The van der Waals surface area contributed by atoms with E-state index in [-0.39, 0.29) is 46.5 Å². The van der Waals surface area contributed by atoms with Crippen molar-refractivity contribution in [2.75, 3.05) is 85.3 Å². The van der Waals surface area contributed by atoms with Gasteiger partial charge in [0.2, 0.25) is 0 Å². The van der Waals surface area contributed by atoms with Crippen molar-refractivity contribution in [3.63, 3.8) is 0 Å². The average molecular weight is 1270 g/mol. The number of hydrogen-bond donors (Lipinski definition) is 7. The number of carbonyl (C=O) groups is 3. The normalized spacial score (nSPS) is 16.7. The quantitative estimate of drug-likeness (QED) is 0.0712. The van der Waals surface area contributed by atoms with Crippen LogP contribution in [0.15, 0.2) is 24.8 Å². The summed E-state index contributed by atoms with van der Waals surface area (Å²) in [6.45, 7) is 16.7. The molecule has 3 amide bonds. The summed E-state index contributed by atoms with van der Waals surface area (Å²) in [7, 11) is 0. The standard InChI is InChI=1S/C11H15Cl2N3O2.C11H16ClN3O2.C11H17N3O2.C8H11Cl2N3.C8H12ClN3.C2H3N.3CH4/c1-2-18-11(17)16-5-3-7(4-6-16)10-14-8(12)9(13)15-10;1-2-17-11(16)15-5-3-8(4-6-15)10-13-7-9(12)14-10;1-2-16-11(15)14-7-3-9(4-8-14)10-12-5-6-13-10;9-6-7(10)13-8(12-6)5-1-3-11-4-2-5;9-7-5-11-8(12-7)6-1-3-10-4-2-6;1-2-3;;;/h7H,2-6H2,1H3,(H,14,15);7-8H,2-6H2,1H3,(H,13,14);5-6,9H,2-4,7-8H2,1H3,(H,12,13);5,11H,1-4H2,(H,12,13);5-6,10H,1-4H2,(H,11,12);1H3;3*1H4. The van der Waals surface area contributed by atoms with Crippen LogP contribution in [0.2, 0.25) is 30.9 Å². The maximum Gasteiger partial charge on any atom is 0.409 e. The zero-order chi connectivity index (χ0) is 57.1. The number of H-pyrrole nitrogens is 5. The van der Waals surface area contributed by atoms with Crippen LogP contribution >= 0.6 is 69.6 Å². The summed E-state index contributed by atoms with van der Waals surface area (Å²) in [5, 5.41) is 16.7. The summed E-state index contributed by atoms with van der Waals surface area (Å²) in [4.78, 5) is 76.0. The maximum atomic E-state index is 11.5. The zero-order valence-electron chi connectivity index (χ0n) is 45.2. The molecule has 0 unspecified atom stereocenters. The molecule has 0 saturated carbocycles. The van der Waals surface area contributed by atoms with E-state index in [0.717, 1.165) is 133 Å². The summed E-state index contributed by atoms with van der Waals surface area (Å²) in [6.07, 6.45) is 16.1. The fourth-order valence-electron chi connectivity index (χ4n) is 9.46. The molecule has 0 aromatic carbocycles. The van der Waals surface area contributed by atoms with Crippen molar-refractivity contribution in [2.24, 2.45) is 0 Å². The van der Waals surface area contributed by atoms with E-state index in [1.54, 1.807) is 46.3 Å². The Labute approximate surface area is 513 Å². The lowest BCUT2D eigenvalue weighted by Crippen LogP contribution is -2.38. The van der Waals surface area contributed by atoms with Crippen LogP contribution in [0.3, 0.4) is 0 Å². The van der Waals surface area contributed by atoms with E-state index in [9.17, 15) is 14.4 Å².